The van der Waals surface area contributed by atoms with Gasteiger partial charge in [0.1, 0.15) is 0 Å². The molecule has 2 N–H and O–H groups in total. The molecule has 0 saturated carbocycles. The minimum atomic E-state index is -0.0752. The number of nitrogens with one attached hydrogen (secondary N) is 2. The number of rotatable bonds is 2. The number of hydrogen-bond acceptors (Lipinski definition) is 4. The number of carbonyl (C=O) groups excluding carboxylic acids is 2. The molecule has 0 unspecified atom stereocenters. The highest BCUT2D eigenvalue weighted by Crippen LogP contribution is 2.49. The lowest BCUT2D eigenvalue weighted by atomic mass is 10.3. The Labute approximate surface area is 137 Å². The average molecular weight is 330 g/mol. The van der Waals surface area contributed by atoms with Gasteiger partial charge in [0.2, 0.25) is 11.8 Å². The van der Waals surface area contributed by atoms with E-state index < -0.39 is 0 Å². The Hall–Kier alpha value is -1.92. The van der Waals surface area contributed by atoms with E-state index in [1.165, 1.54) is 13.8 Å². The molecule has 0 aromatic heterocycles. The van der Waals surface area contributed by atoms with E-state index in [-0.39, 0.29) is 11.8 Å². The molecule has 0 atom stereocenters. The number of amides is 2. The summed E-state index contributed by atoms with van der Waals surface area (Å²) in [5.74, 6) is -0.150. The van der Waals surface area contributed by atoms with Gasteiger partial charge in [-0.2, -0.15) is 0 Å². The fourth-order valence-electron chi connectivity index (χ4n) is 2.14. The summed E-state index contributed by atoms with van der Waals surface area (Å²) in [5.41, 5.74) is 1.61. The second-order valence-electron chi connectivity index (χ2n) is 4.89. The quantitative estimate of drug-likeness (QED) is 0.738. The van der Waals surface area contributed by atoms with E-state index in [1.54, 1.807) is 23.5 Å². The first kappa shape index (κ1) is 15.0. The summed E-state index contributed by atoms with van der Waals surface area (Å²) in [5, 5.41) is 5.60. The molecule has 0 spiro atoms. The van der Waals surface area contributed by atoms with Crippen LogP contribution in [0.2, 0.25) is 0 Å². The van der Waals surface area contributed by atoms with Crippen LogP contribution in [0.5, 0.6) is 0 Å². The second-order valence-corrected chi connectivity index (χ2v) is 7.06. The Morgan fingerprint density at radius 1 is 0.727 bits per heavy atom. The SMILES string of the molecule is CC(=O)Nc1ccc2c(c1)Sc1ccc(NC(C)=O)cc1S2. The minimum Gasteiger partial charge on any atom is -0.326 e. The van der Waals surface area contributed by atoms with Crippen LogP contribution in [-0.4, -0.2) is 11.8 Å². The monoisotopic (exact) mass is 330 g/mol. The highest BCUT2D eigenvalue weighted by Gasteiger charge is 2.18. The van der Waals surface area contributed by atoms with Gasteiger partial charge in [0, 0.05) is 44.8 Å². The van der Waals surface area contributed by atoms with E-state index in [0.717, 1.165) is 31.0 Å². The number of anilines is 2. The molecule has 1 heterocycles. The van der Waals surface area contributed by atoms with Gasteiger partial charge in [-0.15, -0.1) is 0 Å². The highest BCUT2D eigenvalue weighted by atomic mass is 32.2. The Balaban J connectivity index is 1.88. The summed E-state index contributed by atoms with van der Waals surface area (Å²) < 4.78 is 0. The molecular weight excluding hydrogens is 316 g/mol. The van der Waals surface area contributed by atoms with Crippen LogP contribution in [-0.2, 0) is 9.59 Å². The molecule has 2 amide bonds. The molecule has 2 aromatic rings. The largest absolute Gasteiger partial charge is 0.326 e. The van der Waals surface area contributed by atoms with E-state index in [4.69, 9.17) is 0 Å². The molecule has 1 aliphatic rings. The fourth-order valence-corrected chi connectivity index (χ4v) is 4.42. The third-order valence-corrected chi connectivity index (χ3v) is 5.49. The van der Waals surface area contributed by atoms with Gasteiger partial charge >= 0.3 is 0 Å². The van der Waals surface area contributed by atoms with Gasteiger partial charge in [0.05, 0.1) is 0 Å². The zero-order valence-corrected chi connectivity index (χ0v) is 13.7. The normalized spacial score (nSPS) is 12.1. The standard InChI is InChI=1S/C16H14N2O2S2/c1-9(19)17-11-3-5-13-15(7-11)21-14-6-4-12(18-10(2)20)8-16(14)22-13/h3-8H,1-2H3,(H,17,19)(H,18,20). The van der Waals surface area contributed by atoms with E-state index in [9.17, 15) is 9.59 Å². The molecule has 0 radical (unpaired) electrons. The van der Waals surface area contributed by atoms with E-state index in [2.05, 4.69) is 10.6 Å². The number of hydrogen-bond donors (Lipinski definition) is 2. The van der Waals surface area contributed by atoms with Crippen molar-refractivity contribution in [1.29, 1.82) is 0 Å². The summed E-state index contributed by atoms with van der Waals surface area (Å²) in [6.45, 7) is 3.00. The average Bonchev–Trinajstić information content (AvgIpc) is 2.44. The first-order chi connectivity index (χ1) is 10.5. The molecule has 0 fully saturated rings. The van der Waals surface area contributed by atoms with Gasteiger partial charge in [0.25, 0.3) is 0 Å². The minimum absolute atomic E-state index is 0.0752. The first-order valence-electron chi connectivity index (χ1n) is 6.70. The Morgan fingerprint density at radius 2 is 1.14 bits per heavy atom. The molecule has 0 bridgehead atoms. The van der Waals surface area contributed by atoms with Gasteiger partial charge in [-0.25, -0.2) is 0 Å². The maximum atomic E-state index is 11.1. The smallest absolute Gasteiger partial charge is 0.221 e. The van der Waals surface area contributed by atoms with E-state index in [1.807, 2.05) is 36.4 Å². The zero-order chi connectivity index (χ0) is 15.7. The van der Waals surface area contributed by atoms with Crippen molar-refractivity contribution in [2.24, 2.45) is 0 Å². The van der Waals surface area contributed by atoms with Crippen molar-refractivity contribution in [1.82, 2.24) is 0 Å². The number of benzene rings is 2. The van der Waals surface area contributed by atoms with E-state index in [0.29, 0.717) is 0 Å². The predicted octanol–water partition coefficient (Wildman–Crippen LogP) is 4.22. The van der Waals surface area contributed by atoms with Gasteiger partial charge in [-0.1, -0.05) is 23.5 Å². The molecule has 0 saturated heterocycles. The predicted molar refractivity (Wildman–Crippen MR) is 89.7 cm³/mol. The summed E-state index contributed by atoms with van der Waals surface area (Å²) >= 11 is 3.33. The topological polar surface area (TPSA) is 58.2 Å². The molecule has 0 aliphatic carbocycles. The second kappa shape index (κ2) is 6.06. The molecule has 3 rings (SSSR count). The van der Waals surface area contributed by atoms with Crippen molar-refractivity contribution in [3.8, 4) is 0 Å². The zero-order valence-electron chi connectivity index (χ0n) is 12.1. The Kier molecular flexibility index (Phi) is 4.13. The maximum absolute atomic E-state index is 11.1. The van der Waals surface area contributed by atoms with Gasteiger partial charge < -0.3 is 10.6 Å². The molecular formula is C16H14N2O2S2. The van der Waals surface area contributed by atoms with Crippen LogP contribution >= 0.6 is 23.5 Å². The Morgan fingerprint density at radius 3 is 1.50 bits per heavy atom. The van der Waals surface area contributed by atoms with Gasteiger partial charge in [-0.3, -0.25) is 9.59 Å². The van der Waals surface area contributed by atoms with Crippen LogP contribution in [0.1, 0.15) is 13.8 Å². The summed E-state index contributed by atoms with van der Waals surface area (Å²) in [6.07, 6.45) is 0. The molecule has 2 aromatic carbocycles. The van der Waals surface area contributed by atoms with Crippen molar-refractivity contribution in [2.75, 3.05) is 10.6 Å². The van der Waals surface area contributed by atoms with Crippen molar-refractivity contribution in [2.45, 2.75) is 33.4 Å². The van der Waals surface area contributed by atoms with Crippen LogP contribution in [0.3, 0.4) is 0 Å². The lowest BCUT2D eigenvalue weighted by Crippen LogP contribution is -2.06. The fraction of sp³-hybridized carbons (Fsp3) is 0.125. The Bertz CT molecular complexity index is 709. The van der Waals surface area contributed by atoms with Crippen LogP contribution in [0.15, 0.2) is 56.0 Å². The highest BCUT2D eigenvalue weighted by molar-refractivity contribution is 8.05. The van der Waals surface area contributed by atoms with E-state index >= 15 is 0 Å². The maximum Gasteiger partial charge on any atom is 0.221 e. The molecule has 1 aliphatic heterocycles. The van der Waals surface area contributed by atoms with Crippen molar-refractivity contribution in [3.63, 3.8) is 0 Å². The van der Waals surface area contributed by atoms with Gasteiger partial charge in [0.15, 0.2) is 0 Å². The summed E-state index contributed by atoms with van der Waals surface area (Å²) in [6, 6.07) is 11.8. The van der Waals surface area contributed by atoms with Crippen molar-refractivity contribution in [3.05, 3.63) is 36.4 Å². The molecule has 112 valence electrons. The summed E-state index contributed by atoms with van der Waals surface area (Å²) in [4.78, 5) is 26.8. The van der Waals surface area contributed by atoms with Crippen LogP contribution < -0.4 is 10.6 Å². The van der Waals surface area contributed by atoms with Crippen LogP contribution in [0.25, 0.3) is 0 Å². The van der Waals surface area contributed by atoms with Crippen molar-refractivity contribution < 1.29 is 9.59 Å². The third kappa shape index (κ3) is 3.28. The lowest BCUT2D eigenvalue weighted by molar-refractivity contribution is -0.115. The lowest BCUT2D eigenvalue weighted by Gasteiger charge is -2.19. The van der Waals surface area contributed by atoms with Crippen molar-refractivity contribution >= 4 is 46.7 Å². The molecule has 4 nitrogen and oxygen atoms in total. The van der Waals surface area contributed by atoms with Crippen LogP contribution in [0.4, 0.5) is 11.4 Å². The van der Waals surface area contributed by atoms with Crippen LogP contribution in [0, 0.1) is 0 Å². The number of carbonyl (C=O) groups is 2. The third-order valence-electron chi connectivity index (χ3n) is 2.97. The van der Waals surface area contributed by atoms with Gasteiger partial charge in [-0.05, 0) is 36.4 Å². The molecule has 6 heteroatoms. The molecule has 22 heavy (non-hydrogen) atoms. The summed E-state index contributed by atoms with van der Waals surface area (Å²) in [7, 11) is 0. The first-order valence-corrected chi connectivity index (χ1v) is 8.33. The number of fused-ring (bicyclic) bond motifs is 2.